The van der Waals surface area contributed by atoms with Gasteiger partial charge in [0.05, 0.1) is 12.6 Å². The van der Waals surface area contributed by atoms with Gasteiger partial charge < -0.3 is 21.6 Å². The molecule has 0 aromatic heterocycles. The van der Waals surface area contributed by atoms with Crippen molar-refractivity contribution in [2.75, 3.05) is 6.54 Å². The van der Waals surface area contributed by atoms with Crippen LogP contribution >= 0.6 is 0 Å². The van der Waals surface area contributed by atoms with Crippen LogP contribution in [0.4, 0.5) is 0 Å². The van der Waals surface area contributed by atoms with Crippen LogP contribution in [0.25, 0.3) is 0 Å². The number of nitrogens with two attached hydrogens (primary N) is 2. The summed E-state index contributed by atoms with van der Waals surface area (Å²) in [6.07, 6.45) is 0.829. The van der Waals surface area contributed by atoms with Crippen LogP contribution in [-0.4, -0.2) is 30.7 Å². The largest absolute Gasteiger partial charge is 0.370 e. The van der Waals surface area contributed by atoms with Gasteiger partial charge in [-0.25, -0.2) is 0 Å². The molecule has 6 nitrogen and oxygen atoms in total. The van der Waals surface area contributed by atoms with Crippen LogP contribution < -0.4 is 16.8 Å². The number of rotatable bonds is 6. The Hall–Kier alpha value is -1.43. The van der Waals surface area contributed by atoms with Gasteiger partial charge in [-0.1, -0.05) is 0 Å². The highest BCUT2D eigenvalue weighted by Gasteiger charge is 2.10. The molecule has 0 aliphatic carbocycles. The Morgan fingerprint density at radius 1 is 1.46 bits per heavy atom. The Kier molecular flexibility index (Phi) is 5.45. The molecule has 0 saturated carbocycles. The van der Waals surface area contributed by atoms with Crippen LogP contribution in [0.1, 0.15) is 12.8 Å². The van der Waals surface area contributed by atoms with Crippen LogP contribution in [0.15, 0.2) is 0 Å². The van der Waals surface area contributed by atoms with E-state index in [1.807, 2.05) is 0 Å². The zero-order valence-corrected chi connectivity index (χ0v) is 7.16. The van der Waals surface area contributed by atoms with E-state index >= 15 is 0 Å². The quantitative estimate of drug-likeness (QED) is 0.413. The van der Waals surface area contributed by atoms with Crippen molar-refractivity contribution >= 4 is 18.1 Å². The zero-order valence-electron chi connectivity index (χ0n) is 7.16. The molecule has 0 radical (unpaired) electrons. The summed E-state index contributed by atoms with van der Waals surface area (Å²) in [7, 11) is 0. The van der Waals surface area contributed by atoms with Crippen molar-refractivity contribution in [3.05, 3.63) is 0 Å². The molecule has 0 fully saturated rings. The molecule has 5 N–H and O–H groups in total. The number of hydrogen-bond acceptors (Lipinski definition) is 4. The first-order chi connectivity index (χ1) is 6.10. The highest BCUT2D eigenvalue weighted by Crippen LogP contribution is 1.93. The summed E-state index contributed by atoms with van der Waals surface area (Å²) >= 11 is 0. The third kappa shape index (κ3) is 5.80. The highest BCUT2D eigenvalue weighted by atomic mass is 16.2. The molecule has 13 heavy (non-hydrogen) atoms. The molecule has 1 atom stereocenters. The average Bonchev–Trinajstić information content (AvgIpc) is 2.11. The van der Waals surface area contributed by atoms with Gasteiger partial charge in [-0.05, 0) is 6.42 Å². The van der Waals surface area contributed by atoms with Crippen molar-refractivity contribution in [3.63, 3.8) is 0 Å². The van der Waals surface area contributed by atoms with E-state index in [1.54, 1.807) is 0 Å². The van der Waals surface area contributed by atoms with E-state index < -0.39 is 17.9 Å². The Bertz CT molecular complexity index is 205. The molecule has 0 saturated heterocycles. The molecule has 0 bridgehead atoms. The van der Waals surface area contributed by atoms with E-state index in [1.165, 1.54) is 0 Å². The van der Waals surface area contributed by atoms with E-state index in [0.717, 1.165) is 0 Å². The van der Waals surface area contributed by atoms with Gasteiger partial charge in [0.25, 0.3) is 0 Å². The summed E-state index contributed by atoms with van der Waals surface area (Å²) in [6, 6.07) is -0.677. The van der Waals surface area contributed by atoms with Crippen LogP contribution in [0, 0.1) is 0 Å². The lowest BCUT2D eigenvalue weighted by molar-refractivity contribution is -0.123. The number of amides is 2. The van der Waals surface area contributed by atoms with Gasteiger partial charge >= 0.3 is 0 Å². The molecule has 0 rings (SSSR count). The number of hydrogen-bond donors (Lipinski definition) is 3. The molecule has 0 heterocycles. The number of aldehydes is 1. The summed E-state index contributed by atoms with van der Waals surface area (Å²) in [5, 5.41) is 2.33. The third-order valence-electron chi connectivity index (χ3n) is 1.40. The van der Waals surface area contributed by atoms with Crippen molar-refractivity contribution < 1.29 is 14.4 Å². The fraction of sp³-hybridized carbons (Fsp3) is 0.571. The lowest BCUT2D eigenvalue weighted by atomic mass is 10.1. The smallest absolute Gasteiger partial charge is 0.234 e. The van der Waals surface area contributed by atoms with E-state index in [2.05, 4.69) is 5.32 Å². The second-order valence-electron chi connectivity index (χ2n) is 2.52. The predicted molar refractivity (Wildman–Crippen MR) is 45.5 cm³/mol. The standard InChI is InChI=1S/C7H13N3O3/c8-3-7(13)10-5(4-11)1-2-6(9)12/h4-5H,1-3,8H2,(H2,9,12)(H,10,13). The Balaban J connectivity index is 3.82. The van der Waals surface area contributed by atoms with Gasteiger partial charge in [-0.3, -0.25) is 9.59 Å². The molecule has 0 aromatic rings. The van der Waals surface area contributed by atoms with Crippen molar-refractivity contribution in [2.24, 2.45) is 11.5 Å². The summed E-state index contributed by atoms with van der Waals surface area (Å²) in [6.45, 7) is -0.180. The normalized spacial score (nSPS) is 11.8. The van der Waals surface area contributed by atoms with E-state index in [0.29, 0.717) is 6.29 Å². The first kappa shape index (κ1) is 11.6. The maximum Gasteiger partial charge on any atom is 0.234 e. The summed E-state index contributed by atoms with van der Waals surface area (Å²) in [4.78, 5) is 31.4. The van der Waals surface area contributed by atoms with Gasteiger partial charge in [0.15, 0.2) is 0 Å². The van der Waals surface area contributed by atoms with Crippen LogP contribution in [0.3, 0.4) is 0 Å². The Morgan fingerprint density at radius 3 is 2.46 bits per heavy atom. The summed E-state index contributed by atoms with van der Waals surface area (Å²) < 4.78 is 0. The monoisotopic (exact) mass is 187 g/mol. The molecule has 0 spiro atoms. The molecule has 2 amide bonds. The average molecular weight is 187 g/mol. The van der Waals surface area contributed by atoms with E-state index in [-0.39, 0.29) is 19.4 Å². The lowest BCUT2D eigenvalue weighted by Crippen LogP contribution is -2.40. The minimum Gasteiger partial charge on any atom is -0.370 e. The minimum atomic E-state index is -0.677. The second kappa shape index (κ2) is 6.13. The van der Waals surface area contributed by atoms with Crippen LogP contribution in [0.2, 0.25) is 0 Å². The fourth-order valence-electron chi connectivity index (χ4n) is 0.738. The first-order valence-electron chi connectivity index (χ1n) is 3.83. The molecule has 0 aliphatic heterocycles. The third-order valence-corrected chi connectivity index (χ3v) is 1.40. The number of primary amides is 1. The van der Waals surface area contributed by atoms with Crippen molar-refractivity contribution in [1.82, 2.24) is 5.32 Å². The van der Waals surface area contributed by atoms with Gasteiger partial charge in [0.1, 0.15) is 6.29 Å². The Morgan fingerprint density at radius 2 is 2.08 bits per heavy atom. The van der Waals surface area contributed by atoms with Gasteiger partial charge in [-0.15, -0.1) is 0 Å². The van der Waals surface area contributed by atoms with E-state index in [4.69, 9.17) is 11.5 Å². The molecule has 74 valence electrons. The molecular weight excluding hydrogens is 174 g/mol. The van der Waals surface area contributed by atoms with Gasteiger partial charge in [0, 0.05) is 6.42 Å². The minimum absolute atomic E-state index is 0.0637. The predicted octanol–water partition coefficient (Wildman–Crippen LogP) is -2.11. The van der Waals surface area contributed by atoms with Gasteiger partial charge in [0.2, 0.25) is 11.8 Å². The number of carbonyl (C=O) groups is 3. The molecule has 0 aromatic carbocycles. The van der Waals surface area contributed by atoms with Crippen molar-refractivity contribution in [3.8, 4) is 0 Å². The number of carbonyl (C=O) groups excluding carboxylic acids is 3. The first-order valence-corrected chi connectivity index (χ1v) is 3.83. The maximum atomic E-state index is 10.7. The van der Waals surface area contributed by atoms with Crippen molar-refractivity contribution in [2.45, 2.75) is 18.9 Å². The Labute approximate surface area is 75.6 Å². The van der Waals surface area contributed by atoms with Crippen molar-refractivity contribution in [1.29, 1.82) is 0 Å². The maximum absolute atomic E-state index is 10.7. The molecule has 1 unspecified atom stereocenters. The molecule has 0 aliphatic rings. The van der Waals surface area contributed by atoms with Crippen LogP contribution in [-0.2, 0) is 14.4 Å². The van der Waals surface area contributed by atoms with Gasteiger partial charge in [-0.2, -0.15) is 0 Å². The molecule has 6 heteroatoms. The molecular formula is C7H13N3O3. The zero-order chi connectivity index (χ0) is 10.3. The van der Waals surface area contributed by atoms with E-state index in [9.17, 15) is 14.4 Å². The van der Waals surface area contributed by atoms with Crippen LogP contribution in [0.5, 0.6) is 0 Å². The SMILES string of the molecule is NCC(=O)NC(C=O)CCC(N)=O. The number of nitrogens with one attached hydrogen (secondary N) is 1. The summed E-state index contributed by atoms with van der Waals surface area (Å²) in [5.74, 6) is -0.935. The topological polar surface area (TPSA) is 115 Å². The summed E-state index contributed by atoms with van der Waals surface area (Å²) in [5.41, 5.74) is 9.88. The highest BCUT2D eigenvalue weighted by molar-refractivity contribution is 5.81. The second-order valence-corrected chi connectivity index (χ2v) is 2.52. The lowest BCUT2D eigenvalue weighted by Gasteiger charge is -2.10. The fourth-order valence-corrected chi connectivity index (χ4v) is 0.738.